The van der Waals surface area contributed by atoms with Crippen LogP contribution in [-0.2, 0) is 16.1 Å². The van der Waals surface area contributed by atoms with Crippen molar-refractivity contribution in [2.45, 2.75) is 52.2 Å². The van der Waals surface area contributed by atoms with Crippen LogP contribution in [0.1, 0.15) is 44.4 Å². The van der Waals surface area contributed by atoms with Gasteiger partial charge < -0.3 is 9.84 Å². The first-order chi connectivity index (χ1) is 12.5. The molecule has 2 rings (SSSR count). The molecule has 0 saturated carbocycles. The SMILES string of the molecule is CC(C)OC(=O)CCCCCn1c(O)c(C=Nc2ccccc2)sc1=S. The molecule has 1 aromatic carbocycles. The molecule has 0 aliphatic heterocycles. The topological polar surface area (TPSA) is 63.8 Å². The zero-order valence-corrected chi connectivity index (χ0v) is 16.7. The summed E-state index contributed by atoms with van der Waals surface area (Å²) >= 11 is 6.68. The summed E-state index contributed by atoms with van der Waals surface area (Å²) in [6.45, 7) is 4.31. The number of carbonyl (C=O) groups excluding carboxylic acids is 1. The van der Waals surface area contributed by atoms with Gasteiger partial charge in [0.1, 0.15) is 4.88 Å². The fourth-order valence-corrected chi connectivity index (χ4v) is 3.61. The van der Waals surface area contributed by atoms with Gasteiger partial charge in [-0.05, 0) is 51.0 Å². The van der Waals surface area contributed by atoms with Crippen molar-refractivity contribution in [2.24, 2.45) is 4.99 Å². The van der Waals surface area contributed by atoms with E-state index in [4.69, 9.17) is 17.0 Å². The lowest BCUT2D eigenvalue weighted by atomic mass is 10.2. The van der Waals surface area contributed by atoms with Crippen molar-refractivity contribution >= 4 is 41.4 Å². The van der Waals surface area contributed by atoms with Gasteiger partial charge in [0.2, 0.25) is 5.88 Å². The van der Waals surface area contributed by atoms with Crippen LogP contribution in [0.4, 0.5) is 5.69 Å². The van der Waals surface area contributed by atoms with E-state index < -0.39 is 0 Å². The number of rotatable bonds is 9. The van der Waals surface area contributed by atoms with Gasteiger partial charge in [-0.2, -0.15) is 0 Å². The normalized spacial score (nSPS) is 11.3. The van der Waals surface area contributed by atoms with Crippen LogP contribution in [-0.4, -0.2) is 28.0 Å². The predicted octanol–water partition coefficient (Wildman–Crippen LogP) is 5.25. The first-order valence-electron chi connectivity index (χ1n) is 8.68. The number of unbranched alkanes of at least 4 members (excludes halogenated alkanes) is 2. The minimum absolute atomic E-state index is 0.0699. The third kappa shape index (κ3) is 6.38. The zero-order chi connectivity index (χ0) is 18.9. The molecule has 0 aliphatic rings. The van der Waals surface area contributed by atoms with E-state index in [9.17, 15) is 9.90 Å². The fraction of sp³-hybridized carbons (Fsp3) is 0.421. The maximum absolute atomic E-state index is 11.5. The summed E-state index contributed by atoms with van der Waals surface area (Å²) < 4.78 is 7.45. The number of thiazole rings is 1. The summed E-state index contributed by atoms with van der Waals surface area (Å²) in [5.74, 6) is -0.00620. The minimum Gasteiger partial charge on any atom is -0.493 e. The standard InChI is InChI=1S/C19H24N2O3S2/c1-14(2)24-17(22)11-7-4-8-12-21-18(23)16(26-19(21)25)13-20-15-9-5-3-6-10-15/h3,5-6,9-10,13-14,23H,4,7-8,11-12H2,1-2H3. The molecule has 0 bridgehead atoms. The van der Waals surface area contributed by atoms with Crippen LogP contribution in [0.2, 0.25) is 0 Å². The van der Waals surface area contributed by atoms with Crippen LogP contribution in [0.25, 0.3) is 0 Å². The number of ether oxygens (including phenoxy) is 1. The largest absolute Gasteiger partial charge is 0.493 e. The van der Waals surface area contributed by atoms with Gasteiger partial charge in [-0.3, -0.25) is 14.4 Å². The van der Waals surface area contributed by atoms with Gasteiger partial charge in [-0.25, -0.2) is 0 Å². The first kappa shape index (κ1) is 20.3. The summed E-state index contributed by atoms with van der Waals surface area (Å²) in [6.07, 6.45) is 4.48. The van der Waals surface area contributed by atoms with Crippen molar-refractivity contribution in [1.82, 2.24) is 4.57 Å². The fourth-order valence-electron chi connectivity index (χ4n) is 2.38. The number of esters is 1. The monoisotopic (exact) mass is 392 g/mol. The van der Waals surface area contributed by atoms with Gasteiger partial charge >= 0.3 is 5.97 Å². The van der Waals surface area contributed by atoms with Gasteiger partial charge in [0.15, 0.2) is 3.95 Å². The van der Waals surface area contributed by atoms with Crippen molar-refractivity contribution in [3.05, 3.63) is 39.2 Å². The van der Waals surface area contributed by atoms with Crippen LogP contribution in [0, 0.1) is 3.95 Å². The summed E-state index contributed by atoms with van der Waals surface area (Å²) in [6, 6.07) is 9.55. The Hall–Kier alpha value is -1.99. The third-order valence-electron chi connectivity index (χ3n) is 3.61. The van der Waals surface area contributed by atoms with Crippen LogP contribution in [0.3, 0.4) is 0 Å². The molecular formula is C19H24N2O3S2. The number of para-hydroxylation sites is 1. The molecule has 0 radical (unpaired) electrons. The van der Waals surface area contributed by atoms with Crippen molar-refractivity contribution in [3.8, 4) is 5.88 Å². The third-order valence-corrected chi connectivity index (χ3v) is 4.98. The predicted molar refractivity (Wildman–Crippen MR) is 108 cm³/mol. The van der Waals surface area contributed by atoms with Crippen molar-refractivity contribution in [3.63, 3.8) is 0 Å². The lowest BCUT2D eigenvalue weighted by Gasteiger charge is -2.08. The molecule has 26 heavy (non-hydrogen) atoms. The molecule has 0 saturated heterocycles. The Kier molecular flexibility index (Phi) is 8.00. The Labute approximate surface area is 163 Å². The number of carbonyl (C=O) groups is 1. The van der Waals surface area contributed by atoms with Crippen LogP contribution >= 0.6 is 23.6 Å². The molecule has 2 aromatic rings. The number of nitrogens with zero attached hydrogens (tertiary/aromatic N) is 2. The molecular weight excluding hydrogens is 368 g/mol. The number of aliphatic imine (C=N–C) groups is 1. The number of aromatic hydroxyl groups is 1. The van der Waals surface area contributed by atoms with E-state index in [1.807, 2.05) is 44.2 Å². The highest BCUT2D eigenvalue weighted by molar-refractivity contribution is 7.73. The molecule has 1 N–H and O–H groups in total. The Morgan fingerprint density at radius 2 is 2.04 bits per heavy atom. The van der Waals surface area contributed by atoms with Gasteiger partial charge in [-0.15, -0.1) is 0 Å². The van der Waals surface area contributed by atoms with Crippen molar-refractivity contribution in [1.29, 1.82) is 0 Å². The van der Waals surface area contributed by atoms with Crippen molar-refractivity contribution in [2.75, 3.05) is 0 Å². The van der Waals surface area contributed by atoms with Crippen LogP contribution in [0.15, 0.2) is 35.3 Å². The Bertz CT molecular complexity index is 795. The van der Waals surface area contributed by atoms with E-state index in [-0.39, 0.29) is 18.0 Å². The Morgan fingerprint density at radius 1 is 1.31 bits per heavy atom. The second-order valence-electron chi connectivity index (χ2n) is 6.15. The van der Waals surface area contributed by atoms with Gasteiger partial charge in [0, 0.05) is 13.0 Å². The van der Waals surface area contributed by atoms with E-state index >= 15 is 0 Å². The minimum atomic E-state index is -0.158. The molecule has 5 nitrogen and oxygen atoms in total. The average Bonchev–Trinajstić information content (AvgIpc) is 2.87. The van der Waals surface area contributed by atoms with E-state index in [2.05, 4.69) is 4.99 Å². The second kappa shape index (κ2) is 10.2. The lowest BCUT2D eigenvalue weighted by molar-refractivity contribution is -0.147. The van der Waals surface area contributed by atoms with E-state index in [1.54, 1.807) is 10.8 Å². The quantitative estimate of drug-likeness (QED) is 0.274. The Balaban J connectivity index is 1.85. The molecule has 1 heterocycles. The summed E-state index contributed by atoms with van der Waals surface area (Å²) in [7, 11) is 0. The van der Waals surface area contributed by atoms with E-state index in [0.29, 0.717) is 21.8 Å². The van der Waals surface area contributed by atoms with Crippen molar-refractivity contribution < 1.29 is 14.6 Å². The highest BCUT2D eigenvalue weighted by Gasteiger charge is 2.10. The van der Waals surface area contributed by atoms with E-state index in [1.165, 1.54) is 11.3 Å². The molecule has 0 aliphatic carbocycles. The maximum atomic E-state index is 11.5. The molecule has 0 spiro atoms. The molecule has 140 valence electrons. The molecule has 7 heteroatoms. The summed E-state index contributed by atoms with van der Waals surface area (Å²) in [4.78, 5) is 16.5. The first-order valence-corrected chi connectivity index (χ1v) is 9.91. The number of hydrogen-bond acceptors (Lipinski definition) is 6. The number of hydrogen-bond donors (Lipinski definition) is 1. The zero-order valence-electron chi connectivity index (χ0n) is 15.1. The summed E-state index contributed by atoms with van der Waals surface area (Å²) in [5, 5.41) is 10.4. The van der Waals surface area contributed by atoms with Gasteiger partial charge in [0.05, 0.1) is 18.0 Å². The number of aromatic nitrogens is 1. The Morgan fingerprint density at radius 3 is 2.73 bits per heavy atom. The summed E-state index contributed by atoms with van der Waals surface area (Å²) in [5.41, 5.74) is 0.825. The highest BCUT2D eigenvalue weighted by atomic mass is 32.1. The highest BCUT2D eigenvalue weighted by Crippen LogP contribution is 2.26. The second-order valence-corrected chi connectivity index (χ2v) is 7.83. The molecule has 0 fully saturated rings. The smallest absolute Gasteiger partial charge is 0.306 e. The van der Waals surface area contributed by atoms with Gasteiger partial charge in [0.25, 0.3) is 0 Å². The average molecular weight is 393 g/mol. The molecule has 0 atom stereocenters. The van der Waals surface area contributed by atoms with E-state index in [0.717, 1.165) is 24.9 Å². The van der Waals surface area contributed by atoms with Gasteiger partial charge in [-0.1, -0.05) is 36.0 Å². The number of benzene rings is 1. The molecule has 0 unspecified atom stereocenters. The molecule has 0 amide bonds. The van der Waals surface area contributed by atoms with Crippen LogP contribution < -0.4 is 0 Å². The lowest BCUT2D eigenvalue weighted by Crippen LogP contribution is -2.10. The molecule has 1 aromatic heterocycles. The van der Waals surface area contributed by atoms with Crippen LogP contribution in [0.5, 0.6) is 5.88 Å². The maximum Gasteiger partial charge on any atom is 0.306 e.